The van der Waals surface area contributed by atoms with Gasteiger partial charge >= 0.3 is 5.97 Å². The third-order valence-electron chi connectivity index (χ3n) is 3.73. The first-order valence-corrected chi connectivity index (χ1v) is 7.88. The first-order valence-electron chi connectivity index (χ1n) is 7.06. The number of hydrogen-bond donors (Lipinski definition) is 0. The molecule has 0 atom stereocenters. The number of esters is 1. The van der Waals surface area contributed by atoms with Gasteiger partial charge in [-0.2, -0.15) is 0 Å². The smallest absolute Gasteiger partial charge is 0.349 e. The van der Waals surface area contributed by atoms with Gasteiger partial charge in [0.2, 0.25) is 5.91 Å². The number of carbonyl (C=O) groups is 3. The molecule has 0 N–H and O–H groups in total. The van der Waals surface area contributed by atoms with E-state index in [2.05, 4.69) is 0 Å². The van der Waals surface area contributed by atoms with E-state index < -0.39 is 18.5 Å². The molecule has 5 nitrogen and oxygen atoms in total. The Kier molecular flexibility index (Phi) is 3.94. The number of ether oxygens (including phenoxy) is 1. The van der Waals surface area contributed by atoms with Crippen LogP contribution in [0.3, 0.4) is 0 Å². The summed E-state index contributed by atoms with van der Waals surface area (Å²) in [6.07, 6.45) is 1.06. The fourth-order valence-corrected chi connectivity index (χ4v) is 3.65. The Bertz CT molecular complexity index is 765. The van der Waals surface area contributed by atoms with Gasteiger partial charge in [0.05, 0.1) is 0 Å². The van der Waals surface area contributed by atoms with Gasteiger partial charge < -0.3 is 4.74 Å². The molecule has 0 radical (unpaired) electrons. The number of amides is 2. The normalized spacial score (nSPS) is 14.6. The third kappa shape index (κ3) is 2.62. The van der Waals surface area contributed by atoms with Crippen LogP contribution in [0, 0.1) is 6.92 Å². The summed E-state index contributed by atoms with van der Waals surface area (Å²) in [5, 5.41) is 1.01. The van der Waals surface area contributed by atoms with E-state index in [1.54, 1.807) is 0 Å². The predicted molar refractivity (Wildman–Crippen MR) is 82.8 cm³/mol. The summed E-state index contributed by atoms with van der Waals surface area (Å²) in [5.41, 5.74) is 0.857. The van der Waals surface area contributed by atoms with Crippen LogP contribution in [0.15, 0.2) is 24.3 Å². The summed E-state index contributed by atoms with van der Waals surface area (Å²) < 4.78 is 6.10. The Morgan fingerprint density at radius 1 is 1.32 bits per heavy atom. The lowest BCUT2D eigenvalue weighted by Gasteiger charge is -2.13. The van der Waals surface area contributed by atoms with Crippen LogP contribution in [-0.2, 0) is 14.3 Å². The molecule has 22 heavy (non-hydrogen) atoms. The number of rotatable bonds is 3. The predicted octanol–water partition coefficient (Wildman–Crippen LogP) is 2.52. The van der Waals surface area contributed by atoms with Gasteiger partial charge in [-0.1, -0.05) is 18.2 Å². The second-order valence-electron chi connectivity index (χ2n) is 5.17. The minimum atomic E-state index is -0.515. The molecule has 1 aromatic heterocycles. The number of hydrogen-bond acceptors (Lipinski definition) is 5. The number of aryl methyl sites for hydroxylation is 1. The Morgan fingerprint density at radius 3 is 2.77 bits per heavy atom. The van der Waals surface area contributed by atoms with Crippen molar-refractivity contribution in [1.82, 2.24) is 4.90 Å². The van der Waals surface area contributed by atoms with Gasteiger partial charge in [-0.25, -0.2) is 4.79 Å². The molecule has 6 heteroatoms. The molecule has 2 heterocycles. The Morgan fingerprint density at radius 2 is 2.09 bits per heavy atom. The largest absolute Gasteiger partial charge is 0.451 e. The van der Waals surface area contributed by atoms with Crippen LogP contribution < -0.4 is 0 Å². The van der Waals surface area contributed by atoms with Crippen molar-refractivity contribution in [2.75, 3.05) is 13.2 Å². The molecule has 0 bridgehead atoms. The monoisotopic (exact) mass is 317 g/mol. The Balaban J connectivity index is 1.70. The van der Waals surface area contributed by atoms with E-state index >= 15 is 0 Å². The van der Waals surface area contributed by atoms with Gasteiger partial charge in [-0.05, 0) is 30.4 Å². The summed E-state index contributed by atoms with van der Waals surface area (Å²) >= 11 is 1.35. The van der Waals surface area contributed by atoms with E-state index in [-0.39, 0.29) is 5.91 Å². The van der Waals surface area contributed by atoms with Crippen LogP contribution in [0.4, 0.5) is 0 Å². The third-order valence-corrected chi connectivity index (χ3v) is 4.98. The summed E-state index contributed by atoms with van der Waals surface area (Å²) in [6, 6.07) is 7.72. The Labute approximate surface area is 131 Å². The number of benzene rings is 1. The van der Waals surface area contributed by atoms with E-state index in [0.717, 1.165) is 20.5 Å². The van der Waals surface area contributed by atoms with Crippen molar-refractivity contribution in [3.63, 3.8) is 0 Å². The molecular formula is C16H15NO4S. The summed E-state index contributed by atoms with van der Waals surface area (Å²) in [7, 11) is 0. The van der Waals surface area contributed by atoms with Crippen LogP contribution in [0.25, 0.3) is 10.1 Å². The lowest BCUT2D eigenvalue weighted by Crippen LogP contribution is -2.35. The van der Waals surface area contributed by atoms with Crippen molar-refractivity contribution >= 4 is 39.2 Å². The average Bonchev–Trinajstić information content (AvgIpc) is 3.09. The van der Waals surface area contributed by atoms with Crippen molar-refractivity contribution in [3.05, 3.63) is 34.7 Å². The minimum absolute atomic E-state index is 0.195. The molecule has 2 aromatic rings. The SMILES string of the molecule is Cc1c(C(=O)OCC(=O)N2CCCC2=O)sc2ccccc12. The van der Waals surface area contributed by atoms with Crippen LogP contribution in [0.2, 0.25) is 0 Å². The number of thiophene rings is 1. The summed E-state index contributed by atoms with van der Waals surface area (Å²) in [5.74, 6) is -1.16. The number of likely N-dealkylation sites (tertiary alicyclic amines) is 1. The number of nitrogens with zero attached hydrogens (tertiary/aromatic N) is 1. The first-order chi connectivity index (χ1) is 10.6. The lowest BCUT2D eigenvalue weighted by atomic mass is 10.1. The maximum atomic E-state index is 12.2. The molecule has 114 valence electrons. The van der Waals surface area contributed by atoms with Crippen molar-refractivity contribution < 1.29 is 19.1 Å². The molecule has 0 saturated carbocycles. The molecular weight excluding hydrogens is 302 g/mol. The molecule has 0 aliphatic carbocycles. The van der Waals surface area contributed by atoms with E-state index in [0.29, 0.717) is 24.3 Å². The molecule has 1 aromatic carbocycles. The number of imide groups is 1. The van der Waals surface area contributed by atoms with Crippen molar-refractivity contribution in [2.45, 2.75) is 19.8 Å². The fraction of sp³-hybridized carbons (Fsp3) is 0.312. The maximum absolute atomic E-state index is 12.2. The van der Waals surface area contributed by atoms with Crippen LogP contribution in [0.1, 0.15) is 28.1 Å². The first kappa shape index (κ1) is 14.7. The zero-order chi connectivity index (χ0) is 15.7. The molecule has 1 aliphatic heterocycles. The quantitative estimate of drug-likeness (QED) is 0.816. The van der Waals surface area contributed by atoms with Crippen molar-refractivity contribution in [1.29, 1.82) is 0 Å². The molecule has 1 aliphatic rings. The van der Waals surface area contributed by atoms with Gasteiger partial charge in [0.15, 0.2) is 6.61 Å². The number of carbonyl (C=O) groups excluding carboxylic acids is 3. The van der Waals surface area contributed by atoms with Crippen LogP contribution in [-0.4, -0.2) is 35.8 Å². The van der Waals surface area contributed by atoms with Gasteiger partial charge in [-0.15, -0.1) is 11.3 Å². The van der Waals surface area contributed by atoms with E-state index in [9.17, 15) is 14.4 Å². The number of fused-ring (bicyclic) bond motifs is 1. The average molecular weight is 317 g/mol. The molecule has 3 rings (SSSR count). The van der Waals surface area contributed by atoms with E-state index in [1.165, 1.54) is 11.3 Å². The molecule has 2 amide bonds. The molecule has 1 fully saturated rings. The maximum Gasteiger partial charge on any atom is 0.349 e. The van der Waals surface area contributed by atoms with Gasteiger partial charge in [0, 0.05) is 17.7 Å². The standard InChI is InChI=1S/C16H15NO4S/c1-10-11-5-2-3-6-12(11)22-15(10)16(20)21-9-14(19)17-8-4-7-13(17)18/h2-3,5-6H,4,7-9H2,1H3. The fourth-order valence-electron chi connectivity index (χ4n) is 2.55. The molecule has 0 unspecified atom stereocenters. The summed E-state index contributed by atoms with van der Waals surface area (Å²) in [4.78, 5) is 37.2. The minimum Gasteiger partial charge on any atom is -0.451 e. The zero-order valence-corrected chi connectivity index (χ0v) is 12.9. The van der Waals surface area contributed by atoms with E-state index in [1.807, 2.05) is 31.2 Å². The van der Waals surface area contributed by atoms with Crippen molar-refractivity contribution in [2.24, 2.45) is 0 Å². The molecule has 1 saturated heterocycles. The van der Waals surface area contributed by atoms with Gasteiger partial charge in [-0.3, -0.25) is 14.5 Å². The van der Waals surface area contributed by atoms with Crippen molar-refractivity contribution in [3.8, 4) is 0 Å². The van der Waals surface area contributed by atoms with Crippen LogP contribution in [0.5, 0.6) is 0 Å². The topological polar surface area (TPSA) is 63.7 Å². The second kappa shape index (κ2) is 5.88. The highest BCUT2D eigenvalue weighted by molar-refractivity contribution is 7.21. The van der Waals surface area contributed by atoms with Crippen LogP contribution >= 0.6 is 11.3 Å². The second-order valence-corrected chi connectivity index (χ2v) is 6.22. The summed E-state index contributed by atoms with van der Waals surface area (Å²) in [6.45, 7) is 1.89. The lowest BCUT2D eigenvalue weighted by molar-refractivity contribution is -0.143. The van der Waals surface area contributed by atoms with Gasteiger partial charge in [0.25, 0.3) is 5.91 Å². The molecule has 0 spiro atoms. The highest BCUT2D eigenvalue weighted by Gasteiger charge is 2.27. The highest BCUT2D eigenvalue weighted by Crippen LogP contribution is 2.30. The zero-order valence-electron chi connectivity index (χ0n) is 12.1. The Hall–Kier alpha value is -2.21. The van der Waals surface area contributed by atoms with Gasteiger partial charge in [0.1, 0.15) is 4.88 Å². The van der Waals surface area contributed by atoms with E-state index in [4.69, 9.17) is 4.74 Å². The highest BCUT2D eigenvalue weighted by atomic mass is 32.1.